The Hall–Kier alpha value is -1.97. The van der Waals surface area contributed by atoms with Crippen LogP contribution in [0.25, 0.3) is 0 Å². The van der Waals surface area contributed by atoms with E-state index in [1.54, 1.807) is 18.2 Å². The second-order valence-electron chi connectivity index (χ2n) is 6.18. The predicted molar refractivity (Wildman–Crippen MR) is 101 cm³/mol. The van der Waals surface area contributed by atoms with Crippen molar-refractivity contribution >= 4 is 31.9 Å². The molecule has 0 unspecified atom stereocenters. The molecule has 0 bridgehead atoms. The molecular formula is C18H18BrFN2O4S. The van der Waals surface area contributed by atoms with Crippen molar-refractivity contribution in [3.8, 4) is 5.75 Å². The quantitative estimate of drug-likeness (QED) is 0.639. The maximum Gasteiger partial charge on any atom is 0.258 e. The number of rotatable bonds is 8. The molecule has 0 aromatic heterocycles. The summed E-state index contributed by atoms with van der Waals surface area (Å²) in [5.41, 5.74) is 0.739. The monoisotopic (exact) mass is 456 g/mol. The van der Waals surface area contributed by atoms with Gasteiger partial charge in [-0.15, -0.1) is 0 Å². The van der Waals surface area contributed by atoms with Gasteiger partial charge in [-0.25, -0.2) is 17.5 Å². The molecule has 0 radical (unpaired) electrons. The molecule has 2 aromatic carbocycles. The first-order valence-corrected chi connectivity index (χ1v) is 10.6. The predicted octanol–water partition coefficient (Wildman–Crippen LogP) is 2.72. The molecule has 0 aliphatic heterocycles. The lowest BCUT2D eigenvalue weighted by molar-refractivity contribution is -0.123. The molecule has 27 heavy (non-hydrogen) atoms. The molecule has 0 atom stereocenters. The minimum atomic E-state index is -3.49. The zero-order chi connectivity index (χ0) is 19.4. The van der Waals surface area contributed by atoms with Crippen LogP contribution in [0.4, 0.5) is 4.39 Å². The fourth-order valence-electron chi connectivity index (χ4n) is 2.26. The van der Waals surface area contributed by atoms with Crippen LogP contribution in [0, 0.1) is 5.82 Å². The molecule has 0 spiro atoms. The number of nitrogens with one attached hydrogen (secondary N) is 2. The van der Waals surface area contributed by atoms with Gasteiger partial charge in [0, 0.05) is 17.1 Å². The average Bonchev–Trinajstić information content (AvgIpc) is 3.43. The Kier molecular flexibility index (Phi) is 6.13. The zero-order valence-corrected chi connectivity index (χ0v) is 16.6. The van der Waals surface area contributed by atoms with Gasteiger partial charge in [0.1, 0.15) is 0 Å². The molecule has 6 nitrogen and oxygen atoms in total. The molecule has 1 aliphatic rings. The van der Waals surface area contributed by atoms with Crippen LogP contribution in [0.3, 0.4) is 0 Å². The van der Waals surface area contributed by atoms with E-state index < -0.39 is 21.7 Å². The van der Waals surface area contributed by atoms with E-state index in [-0.39, 0.29) is 29.8 Å². The summed E-state index contributed by atoms with van der Waals surface area (Å²) in [6, 6.07) is 10.6. The highest BCUT2D eigenvalue weighted by Crippen LogP contribution is 2.22. The van der Waals surface area contributed by atoms with Crippen molar-refractivity contribution in [2.45, 2.75) is 30.3 Å². The summed E-state index contributed by atoms with van der Waals surface area (Å²) < 4.78 is 46.2. The van der Waals surface area contributed by atoms with Gasteiger partial charge >= 0.3 is 0 Å². The Bertz CT molecular complexity index is 931. The Morgan fingerprint density at radius 2 is 1.89 bits per heavy atom. The lowest BCUT2D eigenvalue weighted by Gasteiger charge is -2.09. The van der Waals surface area contributed by atoms with Gasteiger partial charge in [0.25, 0.3) is 5.91 Å². The number of benzene rings is 2. The van der Waals surface area contributed by atoms with Crippen molar-refractivity contribution in [2.75, 3.05) is 6.61 Å². The van der Waals surface area contributed by atoms with Crippen LogP contribution < -0.4 is 14.8 Å². The van der Waals surface area contributed by atoms with E-state index >= 15 is 0 Å². The molecule has 1 amide bonds. The lowest BCUT2D eigenvalue weighted by Crippen LogP contribution is -2.28. The van der Waals surface area contributed by atoms with E-state index in [2.05, 4.69) is 26.0 Å². The second-order valence-corrected chi connectivity index (χ2v) is 8.81. The van der Waals surface area contributed by atoms with E-state index in [1.807, 2.05) is 0 Å². The topological polar surface area (TPSA) is 84.5 Å². The highest BCUT2D eigenvalue weighted by Gasteiger charge is 2.27. The van der Waals surface area contributed by atoms with Crippen molar-refractivity contribution in [3.05, 3.63) is 58.3 Å². The summed E-state index contributed by atoms with van der Waals surface area (Å²) >= 11 is 3.14. The molecule has 0 saturated heterocycles. The van der Waals surface area contributed by atoms with Crippen molar-refractivity contribution in [2.24, 2.45) is 0 Å². The highest BCUT2D eigenvalue weighted by molar-refractivity contribution is 9.10. The van der Waals surface area contributed by atoms with E-state index in [9.17, 15) is 17.6 Å². The zero-order valence-electron chi connectivity index (χ0n) is 14.2. The van der Waals surface area contributed by atoms with Gasteiger partial charge < -0.3 is 10.1 Å². The molecule has 1 fully saturated rings. The van der Waals surface area contributed by atoms with E-state index in [1.165, 1.54) is 24.3 Å². The summed E-state index contributed by atoms with van der Waals surface area (Å²) in [7, 11) is -3.49. The third-order valence-electron chi connectivity index (χ3n) is 3.88. The van der Waals surface area contributed by atoms with Crippen LogP contribution in [0.2, 0.25) is 0 Å². The van der Waals surface area contributed by atoms with Crippen molar-refractivity contribution in [1.82, 2.24) is 10.0 Å². The van der Waals surface area contributed by atoms with Crippen LogP contribution in [0.15, 0.2) is 51.8 Å². The molecule has 2 aromatic rings. The number of sulfonamides is 1. The Morgan fingerprint density at radius 1 is 1.19 bits per heavy atom. The minimum absolute atomic E-state index is 0.00827. The lowest BCUT2D eigenvalue weighted by atomic mass is 10.2. The summed E-state index contributed by atoms with van der Waals surface area (Å²) in [6.45, 7) is -0.113. The molecular weight excluding hydrogens is 439 g/mol. The highest BCUT2D eigenvalue weighted by atomic mass is 79.9. The van der Waals surface area contributed by atoms with Gasteiger partial charge in [-0.3, -0.25) is 4.79 Å². The fraction of sp³-hybridized carbons (Fsp3) is 0.278. The average molecular weight is 457 g/mol. The third kappa shape index (κ3) is 5.75. The van der Waals surface area contributed by atoms with E-state index in [0.29, 0.717) is 4.47 Å². The summed E-state index contributed by atoms with van der Waals surface area (Å²) in [5.74, 6) is -0.982. The number of carbonyl (C=O) groups is 1. The normalized spacial score (nSPS) is 14.0. The van der Waals surface area contributed by atoms with Crippen LogP contribution in [-0.2, 0) is 21.4 Å². The number of hydrogen-bond donors (Lipinski definition) is 2. The number of hydrogen-bond acceptors (Lipinski definition) is 4. The maximum atomic E-state index is 13.6. The van der Waals surface area contributed by atoms with Crippen LogP contribution in [0.1, 0.15) is 18.4 Å². The van der Waals surface area contributed by atoms with Crippen molar-refractivity contribution in [3.63, 3.8) is 0 Å². The van der Waals surface area contributed by atoms with Crippen LogP contribution in [0.5, 0.6) is 5.75 Å². The number of ether oxygens (including phenoxy) is 1. The smallest absolute Gasteiger partial charge is 0.258 e. The first-order chi connectivity index (χ1) is 12.8. The fourth-order valence-corrected chi connectivity index (χ4v) is 3.90. The van der Waals surface area contributed by atoms with Gasteiger partial charge in [-0.05, 0) is 48.7 Å². The number of halogens is 2. The van der Waals surface area contributed by atoms with Crippen molar-refractivity contribution < 1.29 is 22.3 Å². The van der Waals surface area contributed by atoms with Gasteiger partial charge in [-0.2, -0.15) is 0 Å². The Morgan fingerprint density at radius 3 is 2.52 bits per heavy atom. The van der Waals surface area contributed by atoms with Crippen LogP contribution in [-0.4, -0.2) is 27.0 Å². The van der Waals surface area contributed by atoms with Gasteiger partial charge in [0.05, 0.1) is 4.90 Å². The van der Waals surface area contributed by atoms with E-state index in [0.717, 1.165) is 18.4 Å². The number of amides is 1. The Balaban J connectivity index is 1.48. The molecule has 2 N–H and O–H groups in total. The minimum Gasteiger partial charge on any atom is -0.481 e. The first-order valence-electron chi connectivity index (χ1n) is 8.29. The van der Waals surface area contributed by atoms with E-state index in [4.69, 9.17) is 4.74 Å². The first kappa shape index (κ1) is 19.8. The maximum absolute atomic E-state index is 13.6. The molecule has 144 valence electrons. The molecule has 0 heterocycles. The second kappa shape index (κ2) is 8.37. The third-order valence-corrected chi connectivity index (χ3v) is 5.90. The Labute approximate surface area is 165 Å². The largest absolute Gasteiger partial charge is 0.481 e. The summed E-state index contributed by atoms with van der Waals surface area (Å²) in [6.07, 6.45) is 1.74. The van der Waals surface area contributed by atoms with Gasteiger partial charge in [0.2, 0.25) is 10.0 Å². The van der Waals surface area contributed by atoms with Gasteiger partial charge in [-0.1, -0.05) is 28.1 Å². The van der Waals surface area contributed by atoms with Gasteiger partial charge in [0.15, 0.2) is 18.2 Å². The molecule has 9 heteroatoms. The molecule has 1 aliphatic carbocycles. The summed E-state index contributed by atoms with van der Waals surface area (Å²) in [4.78, 5) is 12.0. The van der Waals surface area contributed by atoms with Crippen LogP contribution >= 0.6 is 15.9 Å². The SMILES string of the molecule is O=C(COc1ccc(Br)cc1F)NCc1ccc(S(=O)(=O)NC2CC2)cc1. The standard InChI is InChI=1S/C18H18BrFN2O4S/c19-13-3-8-17(16(20)9-13)26-11-18(23)21-10-12-1-6-15(7-2-12)27(24,25)22-14-4-5-14/h1-3,6-9,14,22H,4-5,10-11H2,(H,21,23). The van der Waals surface area contributed by atoms with Crippen molar-refractivity contribution in [1.29, 1.82) is 0 Å². The molecule has 3 rings (SSSR count). The number of carbonyl (C=O) groups excluding carboxylic acids is 1. The summed E-state index contributed by atoms with van der Waals surface area (Å²) in [5, 5.41) is 2.64. The molecule has 1 saturated carbocycles.